The fourth-order valence-electron chi connectivity index (χ4n) is 3.10. The highest BCUT2D eigenvalue weighted by Gasteiger charge is 2.38. The van der Waals surface area contributed by atoms with Gasteiger partial charge in [-0.05, 0) is 60.4 Å². The topological polar surface area (TPSA) is 52.0 Å². The molecule has 0 saturated carbocycles. The van der Waals surface area contributed by atoms with Gasteiger partial charge in [-0.2, -0.15) is 52.7 Å². The minimum absolute atomic E-state index is 0.0892. The Bertz CT molecular complexity index is 956. The molecule has 2 atom stereocenters. The highest BCUT2D eigenvalue weighted by Crippen LogP contribution is 2.39. The number of hydrogen-bond donors (Lipinski definition) is 2. The molecule has 14 heteroatoms. The predicted molar refractivity (Wildman–Crippen MR) is 112 cm³/mol. The van der Waals surface area contributed by atoms with Gasteiger partial charge in [-0.15, -0.1) is 0 Å². The SMILES string of the molecule is CCC(N)c1cc(C(F)(F)F)cc(C(F)(F)F)c1.CCCC(N)c1cc(C(F)(F)F)cc(C(F)(F)F)c1. The van der Waals surface area contributed by atoms with Crippen LogP contribution in [-0.4, -0.2) is 0 Å². The summed E-state index contributed by atoms with van der Waals surface area (Å²) in [5.74, 6) is 0. The lowest BCUT2D eigenvalue weighted by Gasteiger charge is -2.17. The van der Waals surface area contributed by atoms with E-state index in [1.165, 1.54) is 0 Å². The number of nitrogens with two attached hydrogens (primary N) is 2. The summed E-state index contributed by atoms with van der Waals surface area (Å²) in [6.45, 7) is 3.33. The maximum atomic E-state index is 12.6. The summed E-state index contributed by atoms with van der Waals surface area (Å²) in [6, 6.07) is 1.16. The first-order valence-corrected chi connectivity index (χ1v) is 10.7. The van der Waals surface area contributed by atoms with Crippen LogP contribution in [0, 0.1) is 0 Å². The van der Waals surface area contributed by atoms with E-state index < -0.39 is 59.0 Å². The van der Waals surface area contributed by atoms with Gasteiger partial charge in [-0.3, -0.25) is 0 Å². The molecule has 2 nitrogen and oxygen atoms in total. The molecule has 0 amide bonds. The number of rotatable bonds is 5. The molecule has 0 aliphatic carbocycles. The van der Waals surface area contributed by atoms with E-state index in [9.17, 15) is 52.7 Å². The van der Waals surface area contributed by atoms with E-state index in [-0.39, 0.29) is 29.7 Å². The Labute approximate surface area is 204 Å². The van der Waals surface area contributed by atoms with Crippen LogP contribution in [0.4, 0.5) is 52.7 Å². The normalized spacial score (nSPS) is 14.6. The van der Waals surface area contributed by atoms with Crippen molar-refractivity contribution < 1.29 is 52.7 Å². The molecule has 0 heterocycles. The Morgan fingerprint density at radius 2 is 0.784 bits per heavy atom. The minimum Gasteiger partial charge on any atom is -0.324 e. The molecule has 0 saturated heterocycles. The lowest BCUT2D eigenvalue weighted by molar-refractivity contribution is -0.144. The van der Waals surface area contributed by atoms with Crippen LogP contribution < -0.4 is 11.5 Å². The fourth-order valence-corrected chi connectivity index (χ4v) is 3.10. The number of halogens is 12. The molecule has 4 N–H and O–H groups in total. The maximum absolute atomic E-state index is 12.6. The van der Waals surface area contributed by atoms with Crippen molar-refractivity contribution in [3.63, 3.8) is 0 Å². The van der Waals surface area contributed by atoms with Crippen LogP contribution in [0.5, 0.6) is 0 Å². The van der Waals surface area contributed by atoms with Gasteiger partial charge in [0.25, 0.3) is 0 Å². The molecule has 0 spiro atoms. The molecule has 37 heavy (non-hydrogen) atoms. The van der Waals surface area contributed by atoms with Crippen LogP contribution in [0.15, 0.2) is 36.4 Å². The monoisotopic (exact) mass is 556 g/mol. The van der Waals surface area contributed by atoms with E-state index in [0.717, 1.165) is 0 Å². The largest absolute Gasteiger partial charge is 0.416 e. The van der Waals surface area contributed by atoms with E-state index in [1.807, 2.05) is 0 Å². The highest BCUT2D eigenvalue weighted by molar-refractivity contribution is 5.36. The zero-order valence-electron chi connectivity index (χ0n) is 19.4. The summed E-state index contributed by atoms with van der Waals surface area (Å²) >= 11 is 0. The van der Waals surface area contributed by atoms with Gasteiger partial charge >= 0.3 is 24.7 Å². The quantitative estimate of drug-likeness (QED) is 0.362. The summed E-state index contributed by atoms with van der Waals surface area (Å²) in [5.41, 5.74) is 5.43. The molecule has 2 aromatic rings. The van der Waals surface area contributed by atoms with Crippen molar-refractivity contribution in [2.75, 3.05) is 0 Å². The molecule has 2 rings (SSSR count). The number of hydrogen-bond acceptors (Lipinski definition) is 2. The summed E-state index contributed by atoms with van der Waals surface area (Å²) in [7, 11) is 0. The molecule has 0 aliphatic rings. The van der Waals surface area contributed by atoms with Gasteiger partial charge in [0, 0.05) is 12.1 Å². The molecular weight excluding hydrogens is 532 g/mol. The van der Waals surface area contributed by atoms with E-state index in [4.69, 9.17) is 11.5 Å². The van der Waals surface area contributed by atoms with Crippen LogP contribution >= 0.6 is 0 Å². The van der Waals surface area contributed by atoms with Gasteiger partial charge in [-0.1, -0.05) is 20.3 Å². The van der Waals surface area contributed by atoms with E-state index >= 15 is 0 Å². The average Bonchev–Trinajstić information content (AvgIpc) is 2.76. The maximum Gasteiger partial charge on any atom is 0.416 e. The molecule has 0 radical (unpaired) electrons. The van der Waals surface area contributed by atoms with Crippen LogP contribution in [-0.2, 0) is 24.7 Å². The van der Waals surface area contributed by atoms with Crippen LogP contribution in [0.3, 0.4) is 0 Å². The second-order valence-electron chi connectivity index (χ2n) is 8.09. The molecular formula is C23H24F12N2. The third-order valence-electron chi connectivity index (χ3n) is 5.12. The van der Waals surface area contributed by atoms with Gasteiger partial charge in [0.1, 0.15) is 0 Å². The summed E-state index contributed by atoms with van der Waals surface area (Å²) in [6.07, 6.45) is -18.2. The molecule has 2 unspecified atom stereocenters. The van der Waals surface area contributed by atoms with Gasteiger partial charge in [0.2, 0.25) is 0 Å². The second-order valence-corrected chi connectivity index (χ2v) is 8.09. The Balaban J connectivity index is 0.000000371. The average molecular weight is 556 g/mol. The summed E-state index contributed by atoms with van der Waals surface area (Å²) in [5, 5.41) is 0. The van der Waals surface area contributed by atoms with Crippen LogP contribution in [0.1, 0.15) is 78.6 Å². The first kappa shape index (κ1) is 32.5. The van der Waals surface area contributed by atoms with Crippen LogP contribution in [0.25, 0.3) is 0 Å². The van der Waals surface area contributed by atoms with Gasteiger partial charge in [-0.25, -0.2) is 0 Å². The first-order chi connectivity index (χ1) is 16.6. The molecule has 0 aliphatic heterocycles. The predicted octanol–water partition coefficient (Wildman–Crippen LogP) is 8.66. The third kappa shape index (κ3) is 9.72. The fraction of sp³-hybridized carbons (Fsp3) is 0.478. The molecule has 0 bridgehead atoms. The highest BCUT2D eigenvalue weighted by atomic mass is 19.4. The van der Waals surface area contributed by atoms with E-state index in [1.54, 1.807) is 13.8 Å². The van der Waals surface area contributed by atoms with Crippen molar-refractivity contribution in [2.45, 2.75) is 69.9 Å². The first-order valence-electron chi connectivity index (χ1n) is 10.7. The number of benzene rings is 2. The summed E-state index contributed by atoms with van der Waals surface area (Å²) < 4.78 is 150. The van der Waals surface area contributed by atoms with Gasteiger partial charge < -0.3 is 11.5 Å². The van der Waals surface area contributed by atoms with Crippen molar-refractivity contribution >= 4 is 0 Å². The van der Waals surface area contributed by atoms with E-state index in [2.05, 4.69) is 0 Å². The molecule has 0 fully saturated rings. The van der Waals surface area contributed by atoms with Crippen molar-refractivity contribution in [2.24, 2.45) is 11.5 Å². The van der Waals surface area contributed by atoms with Crippen molar-refractivity contribution in [1.82, 2.24) is 0 Å². The Morgan fingerprint density at radius 3 is 1.00 bits per heavy atom. The lowest BCUT2D eigenvalue weighted by Crippen LogP contribution is -2.16. The minimum atomic E-state index is -4.83. The number of alkyl halides is 12. The van der Waals surface area contributed by atoms with Gasteiger partial charge in [0.15, 0.2) is 0 Å². The zero-order chi connectivity index (χ0) is 29.0. The lowest BCUT2D eigenvalue weighted by atomic mass is 9.97. The smallest absolute Gasteiger partial charge is 0.324 e. The molecule has 0 aromatic heterocycles. The van der Waals surface area contributed by atoms with Gasteiger partial charge in [0.05, 0.1) is 22.3 Å². The van der Waals surface area contributed by atoms with Crippen molar-refractivity contribution in [3.8, 4) is 0 Å². The summed E-state index contributed by atoms with van der Waals surface area (Å²) in [4.78, 5) is 0. The Kier molecular flexibility index (Phi) is 10.5. The zero-order valence-corrected chi connectivity index (χ0v) is 19.4. The second kappa shape index (κ2) is 11.9. The Morgan fingerprint density at radius 1 is 0.514 bits per heavy atom. The standard InChI is InChI=1S/C12H13F6N.C11H11F6N/c1-2-3-10(19)7-4-8(11(13,14)15)6-9(5-7)12(16,17)18;1-2-9(18)6-3-7(10(12,13)14)5-8(4-6)11(15,16)17/h4-6,10H,2-3,19H2,1H3;3-5,9H,2,18H2,1H3. The Hall–Kier alpha value is -2.48. The molecule has 2 aromatic carbocycles. The third-order valence-corrected chi connectivity index (χ3v) is 5.12. The molecule has 210 valence electrons. The van der Waals surface area contributed by atoms with E-state index in [0.29, 0.717) is 37.1 Å². The van der Waals surface area contributed by atoms with Crippen molar-refractivity contribution in [1.29, 1.82) is 0 Å². The van der Waals surface area contributed by atoms with Crippen LogP contribution in [0.2, 0.25) is 0 Å². The van der Waals surface area contributed by atoms with Crippen molar-refractivity contribution in [3.05, 3.63) is 69.8 Å².